The lowest BCUT2D eigenvalue weighted by molar-refractivity contribution is 0.0600. The fourth-order valence-electron chi connectivity index (χ4n) is 4.50. The number of methoxy groups -OCH3 is 1. The van der Waals surface area contributed by atoms with Crippen LogP contribution in [0.25, 0.3) is 39.5 Å². The van der Waals surface area contributed by atoms with E-state index in [4.69, 9.17) is 15.7 Å². The second-order valence-electron chi connectivity index (χ2n) is 9.17. The summed E-state index contributed by atoms with van der Waals surface area (Å²) in [5, 5.41) is 3.12. The lowest BCUT2D eigenvalue weighted by Crippen LogP contribution is -2.07. The van der Waals surface area contributed by atoms with E-state index in [-0.39, 0.29) is 12.1 Å². The quantitative estimate of drug-likeness (QED) is 0.246. The summed E-state index contributed by atoms with van der Waals surface area (Å²) in [7, 11) is 1.25. The number of nitrogen functional groups attached to an aromatic ring is 1. The highest BCUT2D eigenvalue weighted by molar-refractivity contribution is 5.89. The van der Waals surface area contributed by atoms with Crippen molar-refractivity contribution in [3.63, 3.8) is 0 Å². The summed E-state index contributed by atoms with van der Waals surface area (Å²) < 4.78 is 21.1. The van der Waals surface area contributed by atoms with E-state index in [0.29, 0.717) is 45.4 Å². The third kappa shape index (κ3) is 5.06. The summed E-state index contributed by atoms with van der Waals surface area (Å²) in [6, 6.07) is 25.3. The number of nitrogens with zero attached hydrogens (tertiary/aromatic N) is 5. The Morgan fingerprint density at radius 1 is 0.976 bits per heavy atom. The molecule has 0 bridgehead atoms. The van der Waals surface area contributed by atoms with Crippen LogP contribution in [0.3, 0.4) is 0 Å². The summed E-state index contributed by atoms with van der Waals surface area (Å²) >= 11 is 0. The van der Waals surface area contributed by atoms with E-state index >= 15 is 0 Å². The van der Waals surface area contributed by atoms with Crippen LogP contribution in [0.15, 0.2) is 97.3 Å². The molecule has 202 valence electrons. The Morgan fingerprint density at radius 3 is 2.56 bits per heavy atom. The zero-order valence-electron chi connectivity index (χ0n) is 22.0. The number of rotatable bonds is 7. The molecule has 0 radical (unpaired) electrons. The topological polar surface area (TPSA) is 121 Å². The Bertz CT molecular complexity index is 1870. The van der Waals surface area contributed by atoms with Crippen LogP contribution in [0.4, 0.5) is 16.0 Å². The Balaban J connectivity index is 1.35. The number of ether oxygens (including phenoxy) is 1. The van der Waals surface area contributed by atoms with Crippen LogP contribution in [0.5, 0.6) is 0 Å². The van der Waals surface area contributed by atoms with Crippen molar-refractivity contribution < 1.29 is 13.9 Å². The first-order valence-electron chi connectivity index (χ1n) is 12.7. The highest BCUT2D eigenvalue weighted by Crippen LogP contribution is 2.31. The highest BCUT2D eigenvalue weighted by atomic mass is 19.1. The minimum Gasteiger partial charge on any atom is -0.465 e. The molecule has 0 unspecified atom stereocenters. The molecular formula is C31H24FN7O2. The van der Waals surface area contributed by atoms with Crippen LogP contribution in [0.1, 0.15) is 15.9 Å². The van der Waals surface area contributed by atoms with Crippen LogP contribution in [-0.4, -0.2) is 37.6 Å². The first kappa shape index (κ1) is 25.6. The van der Waals surface area contributed by atoms with Gasteiger partial charge in [0.2, 0.25) is 0 Å². The van der Waals surface area contributed by atoms with Crippen molar-refractivity contribution >= 4 is 28.8 Å². The van der Waals surface area contributed by atoms with Crippen molar-refractivity contribution in [2.24, 2.45) is 0 Å². The molecule has 0 fully saturated rings. The molecule has 0 aliphatic rings. The fraction of sp³-hybridized carbons (Fsp3) is 0.0645. The number of halogens is 1. The number of esters is 1. The van der Waals surface area contributed by atoms with Crippen molar-refractivity contribution in [3.8, 4) is 28.3 Å². The van der Waals surface area contributed by atoms with Crippen molar-refractivity contribution in [1.29, 1.82) is 0 Å². The van der Waals surface area contributed by atoms with Crippen LogP contribution >= 0.6 is 0 Å². The van der Waals surface area contributed by atoms with Crippen LogP contribution < -0.4 is 11.1 Å². The largest absolute Gasteiger partial charge is 0.465 e. The third-order valence-corrected chi connectivity index (χ3v) is 6.59. The van der Waals surface area contributed by atoms with Crippen molar-refractivity contribution in [2.75, 3.05) is 18.2 Å². The first-order valence-corrected chi connectivity index (χ1v) is 12.7. The Morgan fingerprint density at radius 2 is 1.83 bits per heavy atom. The number of hydrogen-bond acceptors (Lipinski definition) is 8. The Hall–Kier alpha value is -5.64. The van der Waals surface area contributed by atoms with Crippen molar-refractivity contribution in [3.05, 3.63) is 114 Å². The zero-order valence-corrected chi connectivity index (χ0v) is 22.0. The van der Waals surface area contributed by atoms with Gasteiger partial charge in [-0.05, 0) is 48.5 Å². The molecule has 41 heavy (non-hydrogen) atoms. The number of imidazole rings is 1. The number of anilines is 2. The maximum Gasteiger partial charge on any atom is 0.337 e. The summed E-state index contributed by atoms with van der Waals surface area (Å²) in [5.74, 6) is 0.360. The van der Waals surface area contributed by atoms with Crippen molar-refractivity contribution in [2.45, 2.75) is 6.54 Å². The van der Waals surface area contributed by atoms with Gasteiger partial charge in [0.25, 0.3) is 0 Å². The fourth-order valence-corrected chi connectivity index (χ4v) is 4.50. The summed E-state index contributed by atoms with van der Waals surface area (Å²) in [6.07, 6.45) is 3.32. The van der Waals surface area contributed by atoms with Gasteiger partial charge in [-0.3, -0.25) is 4.57 Å². The number of carbonyl (C=O) groups is 1. The number of carbonyl (C=O) groups excluding carboxylic acids is 1. The molecule has 10 heteroatoms. The monoisotopic (exact) mass is 545 g/mol. The van der Waals surface area contributed by atoms with E-state index in [1.165, 1.54) is 13.2 Å². The first-order chi connectivity index (χ1) is 20.0. The molecule has 0 amide bonds. The molecule has 4 heterocycles. The lowest BCUT2D eigenvalue weighted by Gasteiger charge is -2.12. The molecule has 0 atom stereocenters. The minimum atomic E-state index is -0.592. The van der Waals surface area contributed by atoms with E-state index in [1.807, 2.05) is 59.2 Å². The summed E-state index contributed by atoms with van der Waals surface area (Å²) in [6.45, 7) is 0.174. The van der Waals surface area contributed by atoms with Gasteiger partial charge in [-0.1, -0.05) is 36.4 Å². The second-order valence-corrected chi connectivity index (χ2v) is 9.17. The Kier molecular flexibility index (Phi) is 6.78. The molecule has 0 aliphatic carbocycles. The molecule has 4 aromatic heterocycles. The van der Waals surface area contributed by atoms with E-state index in [1.54, 1.807) is 30.6 Å². The Labute approximate surface area is 234 Å². The number of aromatic nitrogens is 5. The van der Waals surface area contributed by atoms with Gasteiger partial charge < -0.3 is 15.8 Å². The molecule has 0 saturated carbocycles. The van der Waals surface area contributed by atoms with Gasteiger partial charge in [-0.2, -0.15) is 0 Å². The summed E-state index contributed by atoms with van der Waals surface area (Å²) in [4.78, 5) is 30.3. The summed E-state index contributed by atoms with van der Waals surface area (Å²) in [5.41, 5.74) is 11.3. The number of hydrogen-bond donors (Lipinski definition) is 2. The maximum atomic E-state index is 14.5. The predicted octanol–water partition coefficient (Wildman–Crippen LogP) is 5.66. The highest BCUT2D eigenvalue weighted by Gasteiger charge is 2.19. The van der Waals surface area contributed by atoms with Crippen molar-refractivity contribution in [1.82, 2.24) is 24.5 Å². The molecule has 9 nitrogen and oxygen atoms in total. The smallest absolute Gasteiger partial charge is 0.337 e. The van der Waals surface area contributed by atoms with E-state index in [9.17, 15) is 9.18 Å². The molecule has 2 aromatic carbocycles. The van der Waals surface area contributed by atoms with Crippen LogP contribution in [-0.2, 0) is 11.3 Å². The lowest BCUT2D eigenvalue weighted by atomic mass is 10.1. The molecule has 0 aliphatic heterocycles. The van der Waals surface area contributed by atoms with Gasteiger partial charge in [0.1, 0.15) is 23.0 Å². The molecular weight excluding hydrogens is 521 g/mol. The number of benzene rings is 2. The maximum absolute atomic E-state index is 14.5. The average Bonchev–Trinajstić information content (AvgIpc) is 3.39. The van der Waals surface area contributed by atoms with Crippen LogP contribution in [0.2, 0.25) is 0 Å². The minimum absolute atomic E-state index is 0.151. The van der Waals surface area contributed by atoms with E-state index < -0.39 is 11.8 Å². The third-order valence-electron chi connectivity index (χ3n) is 6.59. The van der Waals surface area contributed by atoms with E-state index in [2.05, 4.69) is 20.0 Å². The molecule has 6 rings (SSSR count). The molecule has 6 aromatic rings. The number of nitrogens with one attached hydrogen (secondary N) is 1. The number of nitrogens with two attached hydrogens (primary N) is 1. The van der Waals surface area contributed by atoms with Gasteiger partial charge in [-0.25, -0.2) is 29.1 Å². The van der Waals surface area contributed by atoms with Gasteiger partial charge in [0, 0.05) is 23.9 Å². The second kappa shape index (κ2) is 10.9. The van der Waals surface area contributed by atoms with Gasteiger partial charge in [-0.15, -0.1) is 0 Å². The van der Waals surface area contributed by atoms with E-state index in [0.717, 1.165) is 17.3 Å². The van der Waals surface area contributed by atoms with Gasteiger partial charge in [0.15, 0.2) is 11.5 Å². The zero-order chi connectivity index (χ0) is 28.3. The molecule has 3 N–H and O–H groups in total. The average molecular weight is 546 g/mol. The molecule has 0 saturated heterocycles. The number of pyridine rings is 3. The predicted molar refractivity (Wildman–Crippen MR) is 155 cm³/mol. The van der Waals surface area contributed by atoms with Gasteiger partial charge >= 0.3 is 5.97 Å². The standard InChI is InChI=1S/C31H24FN7O2/c1-41-31(40)20-9-10-21(24(32)16-20)17-35-27-14-11-22(18-36-27)39-29(23-8-5-15-34-28(23)33)38-26-13-12-25(37-30(26)39)19-6-3-2-4-7-19/h2-16,18H,17H2,1H3,(H2,33,34)(H,35,36). The van der Waals surface area contributed by atoms with Crippen LogP contribution in [0, 0.1) is 5.82 Å². The molecule has 0 spiro atoms. The SMILES string of the molecule is COC(=O)c1ccc(CNc2ccc(-n3c(-c4cccnc4N)nc4ccc(-c5ccccc5)nc43)cn2)c(F)c1. The number of fused-ring (bicyclic) bond motifs is 1. The normalized spacial score (nSPS) is 11.0. The van der Waals surface area contributed by atoms with Gasteiger partial charge in [0.05, 0.1) is 35.8 Å².